The summed E-state index contributed by atoms with van der Waals surface area (Å²) in [5.41, 5.74) is 3.67. The number of nitrogens with zero attached hydrogens (tertiary/aromatic N) is 4. The Balaban J connectivity index is 1.26. The molecule has 7 nitrogen and oxygen atoms in total. The van der Waals surface area contributed by atoms with Crippen LogP contribution in [0.15, 0.2) is 61.1 Å². The maximum absolute atomic E-state index is 12.9. The van der Waals surface area contributed by atoms with E-state index < -0.39 is 0 Å². The number of H-pyrrole nitrogens is 2. The van der Waals surface area contributed by atoms with Crippen molar-refractivity contribution in [3.05, 3.63) is 66.6 Å². The molecule has 0 spiro atoms. The van der Waals surface area contributed by atoms with E-state index in [1.54, 1.807) is 6.20 Å². The number of aromatic amines is 2. The Morgan fingerprint density at radius 3 is 2.75 bits per heavy atom. The number of benzene rings is 1. The lowest BCUT2D eigenvalue weighted by atomic mass is 10.1. The van der Waals surface area contributed by atoms with Gasteiger partial charge in [-0.15, -0.1) is 0 Å². The van der Waals surface area contributed by atoms with Crippen LogP contribution in [0.2, 0.25) is 0 Å². The number of fused-ring (bicyclic) bond motifs is 1. The van der Waals surface area contributed by atoms with Crippen LogP contribution in [-0.2, 0) is 0 Å². The zero-order chi connectivity index (χ0) is 18.9. The van der Waals surface area contributed by atoms with Gasteiger partial charge in [0, 0.05) is 67.5 Å². The number of pyridine rings is 1. The third kappa shape index (κ3) is 3.00. The van der Waals surface area contributed by atoms with E-state index in [2.05, 4.69) is 25.1 Å². The number of piperazine rings is 1. The Kier molecular flexibility index (Phi) is 4.05. The summed E-state index contributed by atoms with van der Waals surface area (Å²) < 4.78 is 0. The third-order valence-corrected chi connectivity index (χ3v) is 5.23. The highest BCUT2D eigenvalue weighted by molar-refractivity contribution is 5.98. The van der Waals surface area contributed by atoms with Gasteiger partial charge in [0.1, 0.15) is 0 Å². The molecule has 1 aliphatic rings. The molecule has 5 rings (SSSR count). The fourth-order valence-corrected chi connectivity index (χ4v) is 3.65. The van der Waals surface area contributed by atoms with Gasteiger partial charge in [0.15, 0.2) is 5.82 Å². The van der Waals surface area contributed by atoms with Gasteiger partial charge in [0.25, 0.3) is 5.91 Å². The Labute approximate surface area is 162 Å². The third-order valence-electron chi connectivity index (χ3n) is 5.23. The van der Waals surface area contributed by atoms with Gasteiger partial charge in [0.2, 0.25) is 0 Å². The fraction of sp³-hybridized carbons (Fsp3) is 0.190. The maximum atomic E-state index is 12.9. The molecule has 1 amide bonds. The standard InChI is InChI=1S/C21H20N6O/c28-21(16-4-3-15-5-7-23-18(15)12-16)27-10-8-26(9-11-27)20-13-19(24-25-20)17-2-1-6-22-14-17/h1-7,12-14,23H,8-11H2,(H,24,25). The Bertz CT molecular complexity index is 1110. The average Bonchev–Trinajstić information content (AvgIpc) is 3.43. The maximum Gasteiger partial charge on any atom is 0.254 e. The summed E-state index contributed by atoms with van der Waals surface area (Å²) >= 11 is 0. The van der Waals surface area contributed by atoms with Crippen LogP contribution in [0.1, 0.15) is 10.4 Å². The molecule has 0 atom stereocenters. The molecule has 1 aliphatic heterocycles. The molecule has 1 saturated heterocycles. The van der Waals surface area contributed by atoms with E-state index in [4.69, 9.17) is 0 Å². The van der Waals surface area contributed by atoms with Gasteiger partial charge in [-0.25, -0.2) is 0 Å². The predicted octanol–water partition coefficient (Wildman–Crippen LogP) is 2.92. The summed E-state index contributed by atoms with van der Waals surface area (Å²) in [4.78, 5) is 24.3. The van der Waals surface area contributed by atoms with Crippen molar-refractivity contribution in [3.8, 4) is 11.3 Å². The van der Waals surface area contributed by atoms with Crippen LogP contribution in [0.4, 0.5) is 5.82 Å². The lowest BCUT2D eigenvalue weighted by Crippen LogP contribution is -2.48. The highest BCUT2D eigenvalue weighted by Gasteiger charge is 2.23. The van der Waals surface area contributed by atoms with Gasteiger partial charge >= 0.3 is 0 Å². The Hall–Kier alpha value is -3.61. The molecule has 2 N–H and O–H groups in total. The number of hydrogen-bond donors (Lipinski definition) is 2. The van der Waals surface area contributed by atoms with Crippen LogP contribution >= 0.6 is 0 Å². The van der Waals surface area contributed by atoms with Gasteiger partial charge in [-0.1, -0.05) is 6.07 Å². The van der Waals surface area contributed by atoms with Crippen LogP contribution in [0.25, 0.3) is 22.2 Å². The topological polar surface area (TPSA) is 80.9 Å². The first-order valence-electron chi connectivity index (χ1n) is 9.35. The number of carbonyl (C=O) groups excluding carboxylic acids is 1. The molecule has 0 saturated carbocycles. The van der Waals surface area contributed by atoms with Gasteiger partial charge in [-0.3, -0.25) is 14.9 Å². The molecule has 0 unspecified atom stereocenters. The molecular formula is C21H20N6O. The van der Waals surface area contributed by atoms with E-state index in [9.17, 15) is 4.79 Å². The minimum absolute atomic E-state index is 0.0780. The van der Waals surface area contributed by atoms with Crippen molar-refractivity contribution in [1.82, 2.24) is 25.1 Å². The summed E-state index contributed by atoms with van der Waals surface area (Å²) in [7, 11) is 0. The second-order valence-corrected chi connectivity index (χ2v) is 6.94. The molecular weight excluding hydrogens is 352 g/mol. The summed E-state index contributed by atoms with van der Waals surface area (Å²) in [6, 6.07) is 13.8. The van der Waals surface area contributed by atoms with Crippen LogP contribution in [-0.4, -0.2) is 57.2 Å². The van der Waals surface area contributed by atoms with E-state index in [1.165, 1.54) is 0 Å². The summed E-state index contributed by atoms with van der Waals surface area (Å²) in [5.74, 6) is 0.980. The highest BCUT2D eigenvalue weighted by Crippen LogP contribution is 2.22. The Morgan fingerprint density at radius 2 is 1.93 bits per heavy atom. The lowest BCUT2D eigenvalue weighted by molar-refractivity contribution is 0.0746. The zero-order valence-corrected chi connectivity index (χ0v) is 15.3. The summed E-state index contributed by atoms with van der Waals surface area (Å²) in [6.07, 6.45) is 5.46. The van der Waals surface area contributed by atoms with Gasteiger partial charge < -0.3 is 14.8 Å². The normalized spacial score (nSPS) is 14.6. The second kappa shape index (κ2) is 6.84. The van der Waals surface area contributed by atoms with E-state index >= 15 is 0 Å². The molecule has 0 aliphatic carbocycles. The highest BCUT2D eigenvalue weighted by atomic mass is 16.2. The first kappa shape index (κ1) is 16.6. The minimum atomic E-state index is 0.0780. The molecule has 3 aromatic heterocycles. The van der Waals surface area contributed by atoms with Crippen molar-refractivity contribution in [1.29, 1.82) is 0 Å². The average molecular weight is 372 g/mol. The number of carbonyl (C=O) groups is 1. The molecule has 4 aromatic rings. The van der Waals surface area contributed by atoms with Crippen LogP contribution in [0.5, 0.6) is 0 Å². The number of amides is 1. The lowest BCUT2D eigenvalue weighted by Gasteiger charge is -2.34. The number of hydrogen-bond acceptors (Lipinski definition) is 4. The molecule has 0 radical (unpaired) electrons. The largest absolute Gasteiger partial charge is 0.361 e. The SMILES string of the molecule is O=C(c1ccc2cc[nH]c2c1)N1CCN(c2cc(-c3cccnc3)[nH]n2)CC1. The van der Waals surface area contributed by atoms with Crippen molar-refractivity contribution in [2.45, 2.75) is 0 Å². The number of nitrogens with one attached hydrogen (secondary N) is 2. The van der Waals surface area contributed by atoms with Crippen molar-refractivity contribution < 1.29 is 4.79 Å². The molecule has 1 aromatic carbocycles. The minimum Gasteiger partial charge on any atom is -0.361 e. The predicted molar refractivity (Wildman–Crippen MR) is 108 cm³/mol. The van der Waals surface area contributed by atoms with Crippen LogP contribution < -0.4 is 4.90 Å². The van der Waals surface area contributed by atoms with Crippen molar-refractivity contribution in [2.24, 2.45) is 0 Å². The second-order valence-electron chi connectivity index (χ2n) is 6.94. The quantitative estimate of drug-likeness (QED) is 0.579. The van der Waals surface area contributed by atoms with Crippen molar-refractivity contribution >= 4 is 22.6 Å². The number of anilines is 1. The van der Waals surface area contributed by atoms with E-state index in [0.29, 0.717) is 13.1 Å². The van der Waals surface area contributed by atoms with Gasteiger partial charge in [-0.05, 0) is 35.7 Å². The molecule has 1 fully saturated rings. The smallest absolute Gasteiger partial charge is 0.254 e. The molecule has 0 bridgehead atoms. The summed E-state index contributed by atoms with van der Waals surface area (Å²) in [5, 5.41) is 8.63. The van der Waals surface area contributed by atoms with E-state index in [0.717, 1.165) is 46.6 Å². The van der Waals surface area contributed by atoms with Gasteiger partial charge in [0.05, 0.1) is 5.69 Å². The van der Waals surface area contributed by atoms with Crippen molar-refractivity contribution in [2.75, 3.05) is 31.1 Å². The van der Waals surface area contributed by atoms with Gasteiger partial charge in [-0.2, -0.15) is 5.10 Å². The van der Waals surface area contributed by atoms with Crippen molar-refractivity contribution in [3.63, 3.8) is 0 Å². The molecule has 4 heterocycles. The molecule has 7 heteroatoms. The number of aromatic nitrogens is 4. The van der Waals surface area contributed by atoms with E-state index in [1.807, 2.05) is 59.8 Å². The number of rotatable bonds is 3. The van der Waals surface area contributed by atoms with Crippen LogP contribution in [0.3, 0.4) is 0 Å². The molecule has 140 valence electrons. The fourth-order valence-electron chi connectivity index (χ4n) is 3.65. The molecule has 28 heavy (non-hydrogen) atoms. The van der Waals surface area contributed by atoms with E-state index in [-0.39, 0.29) is 5.91 Å². The zero-order valence-electron chi connectivity index (χ0n) is 15.3. The first-order valence-corrected chi connectivity index (χ1v) is 9.35. The Morgan fingerprint density at radius 1 is 1.04 bits per heavy atom. The summed E-state index contributed by atoms with van der Waals surface area (Å²) in [6.45, 7) is 2.87. The monoisotopic (exact) mass is 372 g/mol. The first-order chi connectivity index (χ1) is 13.8. The van der Waals surface area contributed by atoms with Crippen LogP contribution in [0, 0.1) is 0 Å².